The number of alkyl carbamates (subject to hydrolysis) is 1. The van der Waals surface area contributed by atoms with Crippen LogP contribution in [0.25, 0.3) is 0 Å². The minimum atomic E-state index is -0.906. The van der Waals surface area contributed by atoms with Crippen molar-refractivity contribution in [3.05, 3.63) is 27.3 Å². The van der Waals surface area contributed by atoms with E-state index in [1.807, 2.05) is 26.0 Å². The zero-order valence-electron chi connectivity index (χ0n) is 19.2. The molecule has 9 heteroatoms. The molecule has 1 aromatic rings. The van der Waals surface area contributed by atoms with Crippen molar-refractivity contribution in [2.45, 2.75) is 65.1 Å². The molecule has 0 saturated carbocycles. The fourth-order valence-corrected chi connectivity index (χ4v) is 3.63. The van der Waals surface area contributed by atoms with Crippen LogP contribution in [0.2, 0.25) is 0 Å². The predicted octanol–water partition coefficient (Wildman–Crippen LogP) is 3.44. The molecule has 0 saturated heterocycles. The maximum absolute atomic E-state index is 13.0. The molecule has 0 aromatic heterocycles. The van der Waals surface area contributed by atoms with Crippen LogP contribution in [-0.4, -0.2) is 49.9 Å². The largest absolute Gasteiger partial charge is 0.496 e. The van der Waals surface area contributed by atoms with Crippen molar-refractivity contribution in [3.8, 4) is 5.75 Å². The zero-order chi connectivity index (χ0) is 23.8. The third-order valence-electron chi connectivity index (χ3n) is 4.17. The van der Waals surface area contributed by atoms with E-state index in [1.165, 1.54) is 7.11 Å². The van der Waals surface area contributed by atoms with Crippen LogP contribution in [0.1, 0.15) is 46.6 Å². The molecule has 31 heavy (non-hydrogen) atoms. The molecule has 0 fully saturated rings. The van der Waals surface area contributed by atoms with Crippen molar-refractivity contribution in [1.29, 1.82) is 0 Å². The van der Waals surface area contributed by atoms with Crippen molar-refractivity contribution < 1.29 is 28.6 Å². The number of esters is 1. The number of nitrogens with one attached hydrogen (secondary N) is 2. The molecule has 2 atom stereocenters. The summed E-state index contributed by atoms with van der Waals surface area (Å²) in [5.41, 5.74) is 0.143. The van der Waals surface area contributed by atoms with Gasteiger partial charge in [0.1, 0.15) is 23.4 Å². The summed E-state index contributed by atoms with van der Waals surface area (Å²) in [4.78, 5) is 37.5. The van der Waals surface area contributed by atoms with Gasteiger partial charge < -0.3 is 24.8 Å². The van der Waals surface area contributed by atoms with E-state index in [0.717, 1.165) is 14.9 Å². The third-order valence-corrected chi connectivity index (χ3v) is 5.02. The maximum Gasteiger partial charge on any atom is 0.408 e. The normalized spacial score (nSPS) is 13.2. The van der Waals surface area contributed by atoms with Crippen LogP contribution in [0, 0.1) is 9.49 Å². The summed E-state index contributed by atoms with van der Waals surface area (Å²) < 4.78 is 16.3. The van der Waals surface area contributed by atoms with E-state index >= 15 is 0 Å². The summed E-state index contributed by atoms with van der Waals surface area (Å²) in [6, 6.07) is 3.76. The van der Waals surface area contributed by atoms with Gasteiger partial charge in [-0.2, -0.15) is 0 Å². The molecule has 0 heterocycles. The molecular formula is C22H33IN2O6. The number of amides is 2. The van der Waals surface area contributed by atoms with Gasteiger partial charge in [-0.15, -0.1) is 0 Å². The summed E-state index contributed by atoms with van der Waals surface area (Å²) in [6.07, 6.45) is -0.0637. The van der Waals surface area contributed by atoms with Gasteiger partial charge in [-0.05, 0) is 73.4 Å². The number of carbonyl (C=O) groups is 3. The molecule has 1 rings (SSSR count). The molecule has 0 unspecified atom stereocenters. The van der Waals surface area contributed by atoms with E-state index in [9.17, 15) is 14.4 Å². The number of rotatable bonds is 9. The van der Waals surface area contributed by atoms with E-state index in [-0.39, 0.29) is 12.3 Å². The summed E-state index contributed by atoms with van der Waals surface area (Å²) in [5, 5.41) is 5.33. The first-order chi connectivity index (χ1) is 14.4. The number of carbonyl (C=O) groups excluding carboxylic acids is 3. The standard InChI is InChI=1S/C22H33IN2O6/c1-13(2)10-16(25-21(28)31-22(3,4)5)19(26)24-17(20(27)30-7)12-14-8-9-18(29-6)15(23)11-14/h8-9,11,13,16-17H,10,12H2,1-7H3,(H,24,26)(H,25,28)/t16-,17-/m0/s1. The monoisotopic (exact) mass is 548 g/mol. The molecule has 0 bridgehead atoms. The van der Waals surface area contributed by atoms with Crippen LogP contribution in [0.3, 0.4) is 0 Å². The van der Waals surface area contributed by atoms with Crippen molar-refractivity contribution in [2.24, 2.45) is 5.92 Å². The number of benzene rings is 1. The van der Waals surface area contributed by atoms with Gasteiger partial charge in [0.2, 0.25) is 5.91 Å². The summed E-state index contributed by atoms with van der Waals surface area (Å²) in [6.45, 7) is 9.11. The molecule has 174 valence electrons. The van der Waals surface area contributed by atoms with E-state index in [1.54, 1.807) is 33.9 Å². The highest BCUT2D eigenvalue weighted by atomic mass is 127. The summed E-state index contributed by atoms with van der Waals surface area (Å²) in [5.74, 6) is -0.190. The Labute approximate surface area is 197 Å². The van der Waals surface area contributed by atoms with Gasteiger partial charge in [0.25, 0.3) is 0 Å². The van der Waals surface area contributed by atoms with E-state index in [4.69, 9.17) is 14.2 Å². The average molecular weight is 548 g/mol. The van der Waals surface area contributed by atoms with Crippen LogP contribution in [0.4, 0.5) is 4.79 Å². The van der Waals surface area contributed by atoms with Crippen LogP contribution in [-0.2, 0) is 25.5 Å². The average Bonchev–Trinajstić information content (AvgIpc) is 2.64. The Bertz CT molecular complexity index is 776. The first-order valence-corrected chi connectivity index (χ1v) is 11.1. The Morgan fingerprint density at radius 3 is 2.19 bits per heavy atom. The van der Waals surface area contributed by atoms with Gasteiger partial charge in [-0.3, -0.25) is 4.79 Å². The number of methoxy groups -OCH3 is 2. The molecule has 2 N–H and O–H groups in total. The maximum atomic E-state index is 13.0. The van der Waals surface area contributed by atoms with E-state index in [2.05, 4.69) is 33.2 Å². The summed E-state index contributed by atoms with van der Waals surface area (Å²) >= 11 is 2.14. The Kier molecular flexibility index (Phi) is 10.5. The summed E-state index contributed by atoms with van der Waals surface area (Å²) in [7, 11) is 2.85. The number of halogens is 1. The molecule has 0 aliphatic heterocycles. The topological polar surface area (TPSA) is 103 Å². The first kappa shape index (κ1) is 27.0. The van der Waals surface area contributed by atoms with Gasteiger partial charge in [0.15, 0.2) is 0 Å². The Morgan fingerprint density at radius 1 is 1.06 bits per heavy atom. The molecule has 0 radical (unpaired) electrons. The predicted molar refractivity (Wildman–Crippen MR) is 126 cm³/mol. The van der Waals surface area contributed by atoms with Crippen molar-refractivity contribution in [2.75, 3.05) is 14.2 Å². The third kappa shape index (κ3) is 9.75. The second-order valence-electron chi connectivity index (χ2n) is 8.59. The lowest BCUT2D eigenvalue weighted by Gasteiger charge is -2.25. The van der Waals surface area contributed by atoms with Crippen LogP contribution < -0.4 is 15.4 Å². The molecule has 0 aliphatic carbocycles. The van der Waals surface area contributed by atoms with Crippen LogP contribution in [0.15, 0.2) is 18.2 Å². The van der Waals surface area contributed by atoms with Gasteiger partial charge in [0.05, 0.1) is 17.8 Å². The highest BCUT2D eigenvalue weighted by molar-refractivity contribution is 14.1. The fraction of sp³-hybridized carbons (Fsp3) is 0.591. The lowest BCUT2D eigenvalue weighted by atomic mass is 10.0. The highest BCUT2D eigenvalue weighted by Gasteiger charge is 2.29. The Balaban J connectivity index is 2.98. The lowest BCUT2D eigenvalue weighted by Crippen LogP contribution is -2.53. The SMILES string of the molecule is COC(=O)[C@H](Cc1ccc(OC)c(I)c1)NC(=O)[C@H](CC(C)C)NC(=O)OC(C)(C)C. The minimum Gasteiger partial charge on any atom is -0.496 e. The molecule has 1 aromatic carbocycles. The number of hydrogen-bond donors (Lipinski definition) is 2. The Hall–Kier alpha value is -2.04. The van der Waals surface area contributed by atoms with E-state index in [0.29, 0.717) is 6.42 Å². The quantitative estimate of drug-likeness (QED) is 0.362. The minimum absolute atomic E-state index is 0.130. The van der Waals surface area contributed by atoms with E-state index < -0.39 is 35.7 Å². The Morgan fingerprint density at radius 2 is 1.71 bits per heavy atom. The highest BCUT2D eigenvalue weighted by Crippen LogP contribution is 2.22. The molecule has 8 nitrogen and oxygen atoms in total. The zero-order valence-corrected chi connectivity index (χ0v) is 21.4. The van der Waals surface area contributed by atoms with Gasteiger partial charge >= 0.3 is 12.1 Å². The molecular weight excluding hydrogens is 515 g/mol. The van der Waals surface area contributed by atoms with Crippen molar-refractivity contribution in [3.63, 3.8) is 0 Å². The number of ether oxygens (including phenoxy) is 3. The first-order valence-electron chi connectivity index (χ1n) is 10.1. The van der Waals surface area contributed by atoms with Gasteiger partial charge in [-0.25, -0.2) is 9.59 Å². The van der Waals surface area contributed by atoms with Crippen LogP contribution in [0.5, 0.6) is 5.75 Å². The second-order valence-corrected chi connectivity index (χ2v) is 9.75. The van der Waals surface area contributed by atoms with Crippen molar-refractivity contribution in [1.82, 2.24) is 10.6 Å². The van der Waals surface area contributed by atoms with Crippen molar-refractivity contribution >= 4 is 40.6 Å². The molecule has 0 aliphatic rings. The molecule has 2 amide bonds. The smallest absolute Gasteiger partial charge is 0.408 e. The second kappa shape index (κ2) is 12.1. The lowest BCUT2D eigenvalue weighted by molar-refractivity contribution is -0.145. The molecule has 0 spiro atoms. The van der Waals surface area contributed by atoms with Crippen LogP contribution >= 0.6 is 22.6 Å². The number of hydrogen-bond acceptors (Lipinski definition) is 6. The van der Waals surface area contributed by atoms with Gasteiger partial charge in [-0.1, -0.05) is 19.9 Å². The van der Waals surface area contributed by atoms with Gasteiger partial charge in [0, 0.05) is 6.42 Å². The fourth-order valence-electron chi connectivity index (χ4n) is 2.83.